The Hall–Kier alpha value is -1.31. The van der Waals surface area contributed by atoms with Gasteiger partial charge in [-0.25, -0.2) is 0 Å². The lowest BCUT2D eigenvalue weighted by Crippen LogP contribution is -2.42. The second-order valence-corrected chi connectivity index (χ2v) is 5.84. The van der Waals surface area contributed by atoms with E-state index >= 15 is 0 Å². The number of nitrogens with one attached hydrogen (secondary N) is 1. The Balaban J connectivity index is 0.00000220. The summed E-state index contributed by atoms with van der Waals surface area (Å²) in [5.74, 6) is 0.783. The number of hydrogen-bond donors (Lipinski definition) is 2. The maximum atomic E-state index is 11.8. The maximum Gasteiger partial charge on any atom is 0.269 e. The van der Waals surface area contributed by atoms with Crippen LogP contribution in [0, 0.1) is 16.0 Å². The number of non-ortho nitro benzene ring substituents is 1. The summed E-state index contributed by atoms with van der Waals surface area (Å²) in [7, 11) is 0. The van der Waals surface area contributed by atoms with Gasteiger partial charge in [-0.2, -0.15) is 0 Å². The molecular formula is C13H18ClN3O3S. The van der Waals surface area contributed by atoms with Crippen molar-refractivity contribution in [3.63, 3.8) is 0 Å². The van der Waals surface area contributed by atoms with Gasteiger partial charge in [-0.3, -0.25) is 14.9 Å². The van der Waals surface area contributed by atoms with Crippen LogP contribution in [0.25, 0.3) is 0 Å². The van der Waals surface area contributed by atoms with E-state index in [1.807, 2.05) is 0 Å². The summed E-state index contributed by atoms with van der Waals surface area (Å²) in [4.78, 5) is 22.7. The van der Waals surface area contributed by atoms with Crippen molar-refractivity contribution >= 4 is 35.8 Å². The summed E-state index contributed by atoms with van der Waals surface area (Å²) in [5, 5.41) is 13.5. The highest BCUT2D eigenvalue weighted by Gasteiger charge is 2.31. The van der Waals surface area contributed by atoms with Crippen molar-refractivity contribution in [3.8, 4) is 0 Å². The molecule has 0 spiro atoms. The van der Waals surface area contributed by atoms with Crippen LogP contribution in [0.4, 0.5) is 5.69 Å². The molecule has 1 aromatic carbocycles. The number of carbonyl (C=O) groups is 1. The summed E-state index contributed by atoms with van der Waals surface area (Å²) >= 11 is 1.36. The lowest BCUT2D eigenvalue weighted by atomic mass is 10.2. The lowest BCUT2D eigenvalue weighted by Gasteiger charge is -2.15. The molecule has 6 nitrogen and oxygen atoms in total. The SMILES string of the molecule is Cl.NCC(NC(=O)CSc1ccc([N+](=O)[O-])cc1)C1CC1. The first-order valence-corrected chi connectivity index (χ1v) is 7.45. The molecule has 1 aliphatic carbocycles. The van der Waals surface area contributed by atoms with Crippen LogP contribution in [-0.4, -0.2) is 29.2 Å². The number of rotatable bonds is 7. The number of nitrogens with zero attached hydrogens (tertiary/aromatic N) is 1. The molecule has 0 radical (unpaired) electrons. The molecule has 0 heterocycles. The van der Waals surface area contributed by atoms with Gasteiger partial charge in [-0.15, -0.1) is 24.2 Å². The fourth-order valence-electron chi connectivity index (χ4n) is 1.93. The van der Waals surface area contributed by atoms with Gasteiger partial charge in [0.25, 0.3) is 5.69 Å². The average molecular weight is 332 g/mol. The monoisotopic (exact) mass is 331 g/mol. The van der Waals surface area contributed by atoms with Crippen molar-refractivity contribution in [1.29, 1.82) is 0 Å². The van der Waals surface area contributed by atoms with Crippen molar-refractivity contribution in [1.82, 2.24) is 5.32 Å². The van der Waals surface area contributed by atoms with Gasteiger partial charge in [-0.05, 0) is 30.9 Å². The number of amides is 1. The molecule has 0 bridgehead atoms. The summed E-state index contributed by atoms with van der Waals surface area (Å²) in [6.07, 6.45) is 2.27. The molecule has 2 rings (SSSR count). The van der Waals surface area contributed by atoms with E-state index in [9.17, 15) is 14.9 Å². The Kier molecular flexibility index (Phi) is 6.94. The first-order valence-electron chi connectivity index (χ1n) is 6.47. The Bertz CT molecular complexity index is 494. The van der Waals surface area contributed by atoms with Gasteiger partial charge in [0.2, 0.25) is 5.91 Å². The number of hydrogen-bond acceptors (Lipinski definition) is 5. The third-order valence-corrected chi connectivity index (χ3v) is 4.22. The fraction of sp³-hybridized carbons (Fsp3) is 0.462. The van der Waals surface area contributed by atoms with Crippen LogP contribution in [0.3, 0.4) is 0 Å². The van der Waals surface area contributed by atoms with Crippen molar-refractivity contribution < 1.29 is 9.72 Å². The average Bonchev–Trinajstić information content (AvgIpc) is 3.27. The van der Waals surface area contributed by atoms with Crippen molar-refractivity contribution in [2.45, 2.75) is 23.8 Å². The number of nitro groups is 1. The molecular weight excluding hydrogens is 314 g/mol. The summed E-state index contributed by atoms with van der Waals surface area (Å²) in [6, 6.07) is 6.26. The van der Waals surface area contributed by atoms with Crippen LogP contribution in [0.1, 0.15) is 12.8 Å². The molecule has 116 valence electrons. The molecule has 1 unspecified atom stereocenters. The minimum Gasteiger partial charge on any atom is -0.351 e. The minimum absolute atomic E-state index is 0. The Morgan fingerprint density at radius 1 is 1.43 bits per heavy atom. The van der Waals surface area contributed by atoms with Crippen molar-refractivity contribution in [2.24, 2.45) is 11.7 Å². The standard InChI is InChI=1S/C13H17N3O3S.ClH/c14-7-12(9-1-2-9)15-13(17)8-20-11-5-3-10(4-6-11)16(18)19;/h3-6,9,12H,1-2,7-8,14H2,(H,15,17);1H. The van der Waals surface area contributed by atoms with Crippen LogP contribution in [-0.2, 0) is 4.79 Å². The molecule has 21 heavy (non-hydrogen) atoms. The molecule has 8 heteroatoms. The van der Waals surface area contributed by atoms with E-state index in [2.05, 4.69) is 5.32 Å². The van der Waals surface area contributed by atoms with Gasteiger partial charge in [0.05, 0.1) is 10.7 Å². The molecule has 1 aromatic rings. The summed E-state index contributed by atoms with van der Waals surface area (Å²) in [5.41, 5.74) is 5.68. The van der Waals surface area contributed by atoms with E-state index in [-0.39, 0.29) is 30.0 Å². The third kappa shape index (κ3) is 5.53. The molecule has 0 aliphatic heterocycles. The smallest absolute Gasteiger partial charge is 0.269 e. The number of thioether (sulfide) groups is 1. The highest BCUT2D eigenvalue weighted by Crippen LogP contribution is 2.32. The van der Waals surface area contributed by atoms with E-state index < -0.39 is 4.92 Å². The molecule has 1 atom stereocenters. The molecule has 0 aromatic heterocycles. The lowest BCUT2D eigenvalue weighted by molar-refractivity contribution is -0.384. The fourth-order valence-corrected chi connectivity index (χ4v) is 2.64. The van der Waals surface area contributed by atoms with Crippen LogP contribution in [0.2, 0.25) is 0 Å². The predicted molar refractivity (Wildman–Crippen MR) is 84.8 cm³/mol. The van der Waals surface area contributed by atoms with E-state index in [0.717, 1.165) is 17.7 Å². The number of nitro benzene ring substituents is 1. The topological polar surface area (TPSA) is 98.3 Å². The molecule has 1 fully saturated rings. The first-order chi connectivity index (χ1) is 9.60. The zero-order chi connectivity index (χ0) is 14.5. The second kappa shape index (κ2) is 8.21. The largest absolute Gasteiger partial charge is 0.351 e. The molecule has 0 saturated heterocycles. The maximum absolute atomic E-state index is 11.8. The first kappa shape index (κ1) is 17.7. The van der Waals surface area contributed by atoms with Crippen LogP contribution in [0.5, 0.6) is 0 Å². The zero-order valence-corrected chi connectivity index (χ0v) is 13.0. The normalized spacial score (nSPS) is 14.9. The van der Waals surface area contributed by atoms with E-state index in [0.29, 0.717) is 18.2 Å². The van der Waals surface area contributed by atoms with Gasteiger partial charge in [0, 0.05) is 29.6 Å². The summed E-state index contributed by atoms with van der Waals surface area (Å²) < 4.78 is 0. The van der Waals surface area contributed by atoms with Gasteiger partial charge < -0.3 is 11.1 Å². The van der Waals surface area contributed by atoms with Gasteiger partial charge in [-0.1, -0.05) is 0 Å². The molecule has 1 aliphatic rings. The van der Waals surface area contributed by atoms with Crippen LogP contribution < -0.4 is 11.1 Å². The minimum atomic E-state index is -0.442. The van der Waals surface area contributed by atoms with Crippen molar-refractivity contribution in [3.05, 3.63) is 34.4 Å². The molecule has 1 saturated carbocycles. The van der Waals surface area contributed by atoms with E-state index in [1.54, 1.807) is 12.1 Å². The van der Waals surface area contributed by atoms with Gasteiger partial charge in [0.1, 0.15) is 0 Å². The quantitative estimate of drug-likeness (QED) is 0.452. The van der Waals surface area contributed by atoms with Gasteiger partial charge in [0.15, 0.2) is 0 Å². The van der Waals surface area contributed by atoms with E-state index in [4.69, 9.17) is 5.73 Å². The van der Waals surface area contributed by atoms with Gasteiger partial charge >= 0.3 is 0 Å². The van der Waals surface area contributed by atoms with Crippen molar-refractivity contribution in [2.75, 3.05) is 12.3 Å². The Labute approximate surface area is 133 Å². The zero-order valence-electron chi connectivity index (χ0n) is 11.4. The number of halogens is 1. The Morgan fingerprint density at radius 2 is 2.05 bits per heavy atom. The molecule has 1 amide bonds. The number of carbonyl (C=O) groups excluding carboxylic acids is 1. The highest BCUT2D eigenvalue weighted by molar-refractivity contribution is 8.00. The number of benzene rings is 1. The highest BCUT2D eigenvalue weighted by atomic mass is 35.5. The summed E-state index contributed by atoms with van der Waals surface area (Å²) in [6.45, 7) is 0.471. The Morgan fingerprint density at radius 3 is 2.52 bits per heavy atom. The van der Waals surface area contributed by atoms with Crippen LogP contribution >= 0.6 is 24.2 Å². The van der Waals surface area contributed by atoms with E-state index in [1.165, 1.54) is 23.9 Å². The molecule has 3 N–H and O–H groups in total. The second-order valence-electron chi connectivity index (χ2n) is 4.79. The predicted octanol–water partition coefficient (Wildman–Crippen LogP) is 1.96. The van der Waals surface area contributed by atoms with Crippen LogP contribution in [0.15, 0.2) is 29.2 Å². The third-order valence-electron chi connectivity index (χ3n) is 3.21. The number of nitrogens with two attached hydrogens (primary N) is 1.